The van der Waals surface area contributed by atoms with Crippen LogP contribution in [0.3, 0.4) is 0 Å². The number of nitrogens with one attached hydrogen (secondary N) is 1. The first-order valence-electron chi connectivity index (χ1n) is 8.19. The minimum atomic E-state index is -0.318. The van der Waals surface area contributed by atoms with Crippen molar-refractivity contribution in [1.82, 2.24) is 15.1 Å². The van der Waals surface area contributed by atoms with Gasteiger partial charge in [-0.1, -0.05) is 0 Å². The van der Waals surface area contributed by atoms with E-state index in [9.17, 15) is 9.90 Å². The summed E-state index contributed by atoms with van der Waals surface area (Å²) in [5.41, 5.74) is 0. The van der Waals surface area contributed by atoms with Crippen LogP contribution in [0.2, 0.25) is 0 Å². The molecule has 2 atom stereocenters. The molecule has 1 amide bonds. The topological polar surface area (TPSA) is 55.8 Å². The molecule has 0 saturated carbocycles. The number of nitrogens with zero attached hydrogens (tertiary/aromatic N) is 2. The second-order valence-electron chi connectivity index (χ2n) is 6.46. The van der Waals surface area contributed by atoms with Crippen LogP contribution in [0.5, 0.6) is 0 Å². The Kier molecular flexibility index (Phi) is 4.58. The van der Waals surface area contributed by atoms with Gasteiger partial charge in [-0.15, -0.1) is 0 Å². The highest BCUT2D eigenvalue weighted by Crippen LogP contribution is 2.26. The van der Waals surface area contributed by atoms with Gasteiger partial charge in [-0.25, -0.2) is 0 Å². The minimum absolute atomic E-state index is 0.0726. The first-order chi connectivity index (χ1) is 9.75. The van der Waals surface area contributed by atoms with Crippen molar-refractivity contribution in [1.29, 1.82) is 0 Å². The number of likely N-dealkylation sites (tertiary alicyclic amines) is 2. The largest absolute Gasteiger partial charge is 0.391 e. The van der Waals surface area contributed by atoms with E-state index in [4.69, 9.17) is 0 Å². The highest BCUT2D eigenvalue weighted by atomic mass is 16.3. The number of carbonyl (C=O) groups excluding carboxylic acids is 1. The first kappa shape index (κ1) is 14.3. The molecule has 1 unspecified atom stereocenters. The fourth-order valence-corrected chi connectivity index (χ4v) is 4.00. The molecule has 0 bridgehead atoms. The van der Waals surface area contributed by atoms with Gasteiger partial charge in [-0.2, -0.15) is 0 Å². The van der Waals surface area contributed by atoms with Gasteiger partial charge >= 0.3 is 0 Å². The molecule has 2 N–H and O–H groups in total. The zero-order valence-electron chi connectivity index (χ0n) is 12.3. The normalized spacial score (nSPS) is 33.5. The summed E-state index contributed by atoms with van der Waals surface area (Å²) in [5.74, 6) is 0.264. The van der Waals surface area contributed by atoms with Gasteiger partial charge in [-0.05, 0) is 58.2 Å². The fraction of sp³-hybridized carbons (Fsp3) is 0.933. The lowest BCUT2D eigenvalue weighted by Crippen LogP contribution is -2.53. The van der Waals surface area contributed by atoms with Crippen LogP contribution in [0, 0.1) is 0 Å². The molecule has 3 rings (SSSR count). The van der Waals surface area contributed by atoms with Crippen molar-refractivity contribution in [3.05, 3.63) is 0 Å². The van der Waals surface area contributed by atoms with E-state index in [0.29, 0.717) is 12.6 Å². The van der Waals surface area contributed by atoms with E-state index >= 15 is 0 Å². The quantitative estimate of drug-likeness (QED) is 0.758. The lowest BCUT2D eigenvalue weighted by atomic mass is 10.0. The third-order valence-corrected chi connectivity index (χ3v) is 5.07. The second kappa shape index (κ2) is 6.41. The molecule has 3 heterocycles. The van der Waals surface area contributed by atoms with Crippen molar-refractivity contribution in [2.75, 3.05) is 32.7 Å². The van der Waals surface area contributed by atoms with Crippen LogP contribution in [0.1, 0.15) is 38.5 Å². The van der Waals surface area contributed by atoms with Gasteiger partial charge in [0.25, 0.3) is 0 Å². The lowest BCUT2D eigenvalue weighted by molar-refractivity contribution is -0.140. The highest BCUT2D eigenvalue weighted by Gasteiger charge is 2.38. The average molecular weight is 281 g/mol. The Labute approximate surface area is 121 Å². The second-order valence-corrected chi connectivity index (χ2v) is 6.46. The molecule has 0 aromatic rings. The third-order valence-electron chi connectivity index (χ3n) is 5.07. The summed E-state index contributed by atoms with van der Waals surface area (Å²) in [6.45, 7) is 4.58. The number of aliphatic hydroxyl groups is 1. The molecular formula is C15H27N3O2. The SMILES string of the molecule is O=C(C1CCCN1C1CCNCC1)N1CCC[C@H](O)C1. The summed E-state index contributed by atoms with van der Waals surface area (Å²) in [7, 11) is 0. The van der Waals surface area contributed by atoms with Crippen LogP contribution in [0.15, 0.2) is 0 Å². The smallest absolute Gasteiger partial charge is 0.240 e. The molecule has 0 spiro atoms. The summed E-state index contributed by atoms with van der Waals surface area (Å²) in [4.78, 5) is 17.1. The number of hydrogen-bond acceptors (Lipinski definition) is 4. The molecule has 3 aliphatic heterocycles. The number of amides is 1. The van der Waals surface area contributed by atoms with Gasteiger partial charge in [0.05, 0.1) is 12.1 Å². The number of rotatable bonds is 2. The van der Waals surface area contributed by atoms with E-state index in [1.165, 1.54) is 0 Å². The van der Waals surface area contributed by atoms with Gasteiger partial charge in [0.15, 0.2) is 0 Å². The Bertz CT molecular complexity index is 344. The van der Waals surface area contributed by atoms with Gasteiger partial charge in [0.1, 0.15) is 0 Å². The van der Waals surface area contributed by atoms with Crippen molar-refractivity contribution in [2.24, 2.45) is 0 Å². The molecule has 5 nitrogen and oxygen atoms in total. The van der Waals surface area contributed by atoms with Crippen molar-refractivity contribution in [3.63, 3.8) is 0 Å². The molecule has 3 fully saturated rings. The Morgan fingerprint density at radius 3 is 2.55 bits per heavy atom. The number of aliphatic hydroxyl groups excluding tert-OH is 1. The molecular weight excluding hydrogens is 254 g/mol. The van der Waals surface area contributed by atoms with E-state index in [-0.39, 0.29) is 18.1 Å². The zero-order chi connectivity index (χ0) is 13.9. The zero-order valence-corrected chi connectivity index (χ0v) is 12.3. The fourth-order valence-electron chi connectivity index (χ4n) is 4.00. The van der Waals surface area contributed by atoms with E-state index in [2.05, 4.69) is 10.2 Å². The molecule has 20 heavy (non-hydrogen) atoms. The van der Waals surface area contributed by atoms with Crippen molar-refractivity contribution in [2.45, 2.75) is 56.7 Å². The maximum atomic E-state index is 12.8. The molecule has 0 aromatic heterocycles. The number of carbonyl (C=O) groups is 1. The standard InChI is InChI=1S/C15H27N3O2/c19-13-3-1-9-17(11-13)15(20)14-4-2-10-18(14)12-5-7-16-8-6-12/h12-14,16,19H,1-11H2/t13-,14?/m0/s1. The third kappa shape index (κ3) is 3.00. The molecule has 5 heteroatoms. The van der Waals surface area contributed by atoms with Crippen LogP contribution in [0.25, 0.3) is 0 Å². The van der Waals surface area contributed by atoms with Crippen LogP contribution < -0.4 is 5.32 Å². The summed E-state index contributed by atoms with van der Waals surface area (Å²) in [5, 5.41) is 13.2. The number of hydrogen-bond donors (Lipinski definition) is 2. The van der Waals surface area contributed by atoms with E-state index < -0.39 is 0 Å². The van der Waals surface area contributed by atoms with Gasteiger partial charge in [0, 0.05) is 19.1 Å². The van der Waals surface area contributed by atoms with Crippen LogP contribution in [0.4, 0.5) is 0 Å². The van der Waals surface area contributed by atoms with Crippen LogP contribution in [-0.2, 0) is 4.79 Å². The predicted octanol–water partition coefficient (Wildman–Crippen LogP) is 0.186. The van der Waals surface area contributed by atoms with E-state index in [1.807, 2.05) is 4.90 Å². The van der Waals surface area contributed by atoms with E-state index in [1.54, 1.807) is 0 Å². The molecule has 114 valence electrons. The summed E-state index contributed by atoms with van der Waals surface area (Å²) >= 11 is 0. The van der Waals surface area contributed by atoms with Crippen molar-refractivity contribution in [3.8, 4) is 0 Å². The maximum Gasteiger partial charge on any atom is 0.240 e. The first-order valence-corrected chi connectivity index (χ1v) is 8.19. The van der Waals surface area contributed by atoms with Crippen molar-refractivity contribution >= 4 is 5.91 Å². The Morgan fingerprint density at radius 2 is 1.80 bits per heavy atom. The predicted molar refractivity (Wildman–Crippen MR) is 77.4 cm³/mol. The van der Waals surface area contributed by atoms with Crippen molar-refractivity contribution < 1.29 is 9.90 Å². The summed E-state index contributed by atoms with van der Waals surface area (Å²) < 4.78 is 0. The summed E-state index contributed by atoms with van der Waals surface area (Å²) in [6.07, 6.45) is 5.91. The molecule has 0 radical (unpaired) electrons. The Balaban J connectivity index is 1.63. The molecule has 0 aliphatic carbocycles. The van der Waals surface area contributed by atoms with E-state index in [0.717, 1.165) is 64.7 Å². The Morgan fingerprint density at radius 1 is 1.05 bits per heavy atom. The van der Waals surface area contributed by atoms with Gasteiger partial charge in [-0.3, -0.25) is 9.69 Å². The molecule has 3 saturated heterocycles. The number of β-amino-alcohol motifs (C(OH)–C–C–N with tert-alkyl or cyclic N) is 1. The lowest BCUT2D eigenvalue weighted by Gasteiger charge is -2.38. The van der Waals surface area contributed by atoms with Crippen LogP contribution >= 0.6 is 0 Å². The van der Waals surface area contributed by atoms with Gasteiger partial charge in [0.2, 0.25) is 5.91 Å². The minimum Gasteiger partial charge on any atom is -0.391 e. The monoisotopic (exact) mass is 281 g/mol. The molecule has 0 aromatic carbocycles. The Hall–Kier alpha value is -0.650. The molecule has 3 aliphatic rings. The highest BCUT2D eigenvalue weighted by molar-refractivity contribution is 5.82. The average Bonchev–Trinajstić information content (AvgIpc) is 2.97. The van der Waals surface area contributed by atoms with Gasteiger partial charge < -0.3 is 15.3 Å². The van der Waals surface area contributed by atoms with Crippen LogP contribution in [-0.4, -0.2) is 71.7 Å². The maximum absolute atomic E-state index is 12.8. The summed E-state index contributed by atoms with van der Waals surface area (Å²) in [6, 6.07) is 0.644. The number of piperidine rings is 2.